The van der Waals surface area contributed by atoms with Crippen LogP contribution in [0.1, 0.15) is 33.6 Å². The van der Waals surface area contributed by atoms with Crippen molar-refractivity contribution in [2.45, 2.75) is 39.2 Å². The van der Waals surface area contributed by atoms with Crippen molar-refractivity contribution in [1.82, 2.24) is 20.0 Å². The van der Waals surface area contributed by atoms with Crippen LogP contribution in [0.4, 0.5) is 4.79 Å². The predicted octanol–water partition coefficient (Wildman–Crippen LogP) is 0.874. The maximum Gasteiger partial charge on any atom is 0.320 e. The van der Waals surface area contributed by atoms with Crippen molar-refractivity contribution in [2.24, 2.45) is 5.92 Å². The van der Waals surface area contributed by atoms with Gasteiger partial charge in [-0.1, -0.05) is 0 Å². The average molecular weight is 335 g/mol. The molecule has 7 heteroatoms. The fraction of sp³-hybridized carbons (Fsp3) is 0.824. The van der Waals surface area contributed by atoms with Gasteiger partial charge in [0.2, 0.25) is 5.91 Å². The molecule has 2 rings (SSSR count). The highest BCUT2D eigenvalue weighted by molar-refractivity contribution is 5.79. The van der Waals surface area contributed by atoms with Gasteiger partial charge in [0.25, 0.3) is 0 Å². The topological polar surface area (TPSA) is 79.7 Å². The molecule has 2 aliphatic rings. The first kappa shape index (κ1) is 18.5. The van der Waals surface area contributed by atoms with Gasteiger partial charge in [0.15, 0.2) is 0 Å². The van der Waals surface area contributed by atoms with Crippen LogP contribution < -0.4 is 5.32 Å². The lowest BCUT2D eigenvalue weighted by Gasteiger charge is -2.37. The van der Waals surface area contributed by atoms with Crippen molar-refractivity contribution in [3.8, 4) is 6.07 Å². The van der Waals surface area contributed by atoms with E-state index in [0.29, 0.717) is 39.3 Å². The fourth-order valence-electron chi connectivity index (χ4n) is 3.21. The highest BCUT2D eigenvalue weighted by atomic mass is 16.2. The number of rotatable bonds is 6. The summed E-state index contributed by atoms with van der Waals surface area (Å²) in [7, 11) is 0. The minimum absolute atomic E-state index is 0.0786. The number of urea groups is 1. The minimum atomic E-state index is -0.738. The second kappa shape index (κ2) is 7.84. The van der Waals surface area contributed by atoms with E-state index in [1.54, 1.807) is 0 Å². The first-order chi connectivity index (χ1) is 11.4. The van der Waals surface area contributed by atoms with Gasteiger partial charge in [-0.05, 0) is 39.5 Å². The van der Waals surface area contributed by atoms with Gasteiger partial charge in [0, 0.05) is 39.3 Å². The van der Waals surface area contributed by atoms with E-state index in [4.69, 9.17) is 0 Å². The summed E-state index contributed by atoms with van der Waals surface area (Å²) < 4.78 is 0. The van der Waals surface area contributed by atoms with Crippen LogP contribution in [0.25, 0.3) is 0 Å². The molecule has 134 valence electrons. The van der Waals surface area contributed by atoms with E-state index in [2.05, 4.69) is 11.4 Å². The van der Waals surface area contributed by atoms with E-state index < -0.39 is 5.54 Å². The van der Waals surface area contributed by atoms with E-state index in [1.807, 2.05) is 35.5 Å². The molecule has 0 aromatic heterocycles. The summed E-state index contributed by atoms with van der Waals surface area (Å²) in [5.41, 5.74) is -0.738. The maximum atomic E-state index is 12.3. The second-order valence-electron chi connectivity index (χ2n) is 6.85. The van der Waals surface area contributed by atoms with Crippen LogP contribution in [0.2, 0.25) is 0 Å². The SMILES string of the molecule is CCN(CC)C(=O)N1CCN(CC(=O)N[C@](C)(C#N)C2CC2)CC1. The minimum Gasteiger partial charge on any atom is -0.337 e. The summed E-state index contributed by atoms with van der Waals surface area (Å²) >= 11 is 0. The molecule has 1 saturated heterocycles. The molecule has 2 fully saturated rings. The van der Waals surface area contributed by atoms with E-state index in [0.717, 1.165) is 12.8 Å². The van der Waals surface area contributed by atoms with Crippen molar-refractivity contribution in [1.29, 1.82) is 5.26 Å². The molecule has 1 aliphatic carbocycles. The van der Waals surface area contributed by atoms with Crippen LogP contribution in [-0.4, -0.2) is 78.0 Å². The molecule has 0 aromatic carbocycles. The smallest absolute Gasteiger partial charge is 0.320 e. The molecule has 1 atom stereocenters. The number of hydrogen-bond acceptors (Lipinski definition) is 4. The molecular weight excluding hydrogens is 306 g/mol. The Morgan fingerprint density at radius 1 is 1.21 bits per heavy atom. The van der Waals surface area contributed by atoms with Gasteiger partial charge in [0.05, 0.1) is 12.6 Å². The lowest BCUT2D eigenvalue weighted by atomic mass is 9.98. The Morgan fingerprint density at radius 3 is 2.25 bits per heavy atom. The Hall–Kier alpha value is -1.81. The third kappa shape index (κ3) is 4.38. The Kier molecular flexibility index (Phi) is 6.05. The van der Waals surface area contributed by atoms with Crippen molar-refractivity contribution in [3.63, 3.8) is 0 Å². The number of amides is 3. The summed E-state index contributed by atoms with van der Waals surface area (Å²) in [5, 5.41) is 12.2. The Balaban J connectivity index is 1.77. The Morgan fingerprint density at radius 2 is 1.79 bits per heavy atom. The van der Waals surface area contributed by atoms with E-state index >= 15 is 0 Å². The van der Waals surface area contributed by atoms with Gasteiger partial charge in [-0.15, -0.1) is 0 Å². The molecule has 1 saturated carbocycles. The number of carbonyl (C=O) groups is 2. The third-order valence-corrected chi connectivity index (χ3v) is 5.07. The molecule has 7 nitrogen and oxygen atoms in total. The van der Waals surface area contributed by atoms with Crippen LogP contribution in [0.5, 0.6) is 0 Å². The molecule has 1 N–H and O–H groups in total. The van der Waals surface area contributed by atoms with Crippen molar-refractivity contribution >= 4 is 11.9 Å². The molecule has 1 heterocycles. The number of carbonyl (C=O) groups excluding carboxylic acids is 2. The normalized spacial score (nSPS) is 20.8. The molecule has 0 bridgehead atoms. The van der Waals surface area contributed by atoms with Crippen molar-refractivity contribution in [3.05, 3.63) is 0 Å². The standard InChI is InChI=1S/C17H29N5O2/c1-4-21(5-2)16(24)22-10-8-20(9-11-22)12-15(23)19-17(3,13-18)14-6-7-14/h14H,4-12H2,1-3H3,(H,19,23)/t17-/m1/s1. The van der Waals surface area contributed by atoms with Crippen LogP contribution >= 0.6 is 0 Å². The molecule has 0 spiro atoms. The molecule has 3 amide bonds. The highest BCUT2D eigenvalue weighted by Gasteiger charge is 2.43. The first-order valence-electron chi connectivity index (χ1n) is 8.92. The monoisotopic (exact) mass is 335 g/mol. The van der Waals surface area contributed by atoms with Crippen molar-refractivity contribution in [2.75, 3.05) is 45.8 Å². The van der Waals surface area contributed by atoms with Gasteiger partial charge in [-0.25, -0.2) is 4.79 Å². The molecule has 0 aromatic rings. The van der Waals surface area contributed by atoms with Gasteiger partial charge in [-0.2, -0.15) is 5.26 Å². The number of hydrogen-bond donors (Lipinski definition) is 1. The lowest BCUT2D eigenvalue weighted by molar-refractivity contribution is -0.124. The highest BCUT2D eigenvalue weighted by Crippen LogP contribution is 2.39. The second-order valence-corrected chi connectivity index (χ2v) is 6.85. The molecule has 0 unspecified atom stereocenters. The largest absolute Gasteiger partial charge is 0.337 e. The summed E-state index contributed by atoms with van der Waals surface area (Å²) in [5.74, 6) is 0.185. The Labute approximate surface area is 144 Å². The third-order valence-electron chi connectivity index (χ3n) is 5.07. The quantitative estimate of drug-likeness (QED) is 0.781. The summed E-state index contributed by atoms with van der Waals surface area (Å²) in [6.07, 6.45) is 2.02. The average Bonchev–Trinajstić information content (AvgIpc) is 3.41. The van der Waals surface area contributed by atoms with E-state index in [1.165, 1.54) is 0 Å². The van der Waals surface area contributed by atoms with Gasteiger partial charge < -0.3 is 15.1 Å². The summed E-state index contributed by atoms with van der Waals surface area (Å²) in [6.45, 7) is 10.1. The zero-order chi connectivity index (χ0) is 17.7. The molecule has 0 radical (unpaired) electrons. The zero-order valence-corrected chi connectivity index (χ0v) is 15.0. The molecule has 1 aliphatic heterocycles. The zero-order valence-electron chi connectivity index (χ0n) is 15.0. The van der Waals surface area contributed by atoms with Crippen LogP contribution in [0.15, 0.2) is 0 Å². The van der Waals surface area contributed by atoms with Crippen LogP contribution in [0, 0.1) is 17.2 Å². The molecular formula is C17H29N5O2. The predicted molar refractivity (Wildman–Crippen MR) is 91.2 cm³/mol. The summed E-state index contributed by atoms with van der Waals surface area (Å²) in [4.78, 5) is 30.3. The van der Waals surface area contributed by atoms with E-state index in [9.17, 15) is 14.9 Å². The van der Waals surface area contributed by atoms with E-state index in [-0.39, 0.29) is 24.4 Å². The summed E-state index contributed by atoms with van der Waals surface area (Å²) in [6, 6.07) is 2.33. The lowest BCUT2D eigenvalue weighted by Crippen LogP contribution is -2.56. The van der Waals surface area contributed by atoms with Crippen LogP contribution in [-0.2, 0) is 4.79 Å². The van der Waals surface area contributed by atoms with Crippen LogP contribution in [0.3, 0.4) is 0 Å². The van der Waals surface area contributed by atoms with Crippen molar-refractivity contribution < 1.29 is 9.59 Å². The number of nitriles is 1. The molecule has 24 heavy (non-hydrogen) atoms. The number of nitrogens with one attached hydrogen (secondary N) is 1. The maximum absolute atomic E-state index is 12.3. The fourth-order valence-corrected chi connectivity index (χ4v) is 3.21. The Bertz CT molecular complexity index is 502. The van der Waals surface area contributed by atoms with Gasteiger partial charge in [0.1, 0.15) is 5.54 Å². The number of nitrogens with zero attached hydrogens (tertiary/aromatic N) is 4. The van der Waals surface area contributed by atoms with Gasteiger partial charge >= 0.3 is 6.03 Å². The first-order valence-corrected chi connectivity index (χ1v) is 8.92. The van der Waals surface area contributed by atoms with Gasteiger partial charge in [-0.3, -0.25) is 9.69 Å². The number of piperazine rings is 1.